The molecule has 0 atom stereocenters. The molecule has 3 heteroatoms. The number of aromatic nitrogens is 3. The van der Waals surface area contributed by atoms with Gasteiger partial charge in [-0.3, -0.25) is 0 Å². The van der Waals surface area contributed by atoms with Crippen LogP contribution in [-0.2, 0) is 5.41 Å². The van der Waals surface area contributed by atoms with Crippen molar-refractivity contribution in [2.24, 2.45) is 0 Å². The van der Waals surface area contributed by atoms with E-state index in [0.29, 0.717) is 17.5 Å². The third-order valence-electron chi connectivity index (χ3n) is 11.1. The summed E-state index contributed by atoms with van der Waals surface area (Å²) in [5, 5.41) is 5.32. The minimum absolute atomic E-state index is 0.151. The molecule has 2 aliphatic rings. The highest BCUT2D eigenvalue weighted by molar-refractivity contribution is 6.18. The molecule has 1 aromatic heterocycles. The molecular weight excluding hydrogens is 643 g/mol. The molecule has 0 saturated heterocycles. The zero-order valence-electron chi connectivity index (χ0n) is 29.8. The second-order valence-electron chi connectivity index (χ2n) is 14.7. The Morgan fingerprint density at radius 1 is 0.453 bits per heavy atom. The molecule has 0 amide bonds. The van der Waals surface area contributed by atoms with E-state index in [2.05, 4.69) is 159 Å². The predicted molar refractivity (Wildman–Crippen MR) is 220 cm³/mol. The number of nitrogens with zero attached hydrogens (tertiary/aromatic N) is 3. The van der Waals surface area contributed by atoms with Crippen molar-refractivity contribution >= 4 is 27.1 Å². The van der Waals surface area contributed by atoms with Crippen LogP contribution >= 0.6 is 0 Å². The number of hydrogen-bond donors (Lipinski definition) is 0. The van der Waals surface area contributed by atoms with Gasteiger partial charge in [-0.15, -0.1) is 0 Å². The van der Waals surface area contributed by atoms with Gasteiger partial charge >= 0.3 is 0 Å². The summed E-state index contributed by atoms with van der Waals surface area (Å²) in [6.07, 6.45) is 8.57. The molecule has 3 nitrogen and oxygen atoms in total. The first-order valence-electron chi connectivity index (χ1n) is 18.5. The van der Waals surface area contributed by atoms with Gasteiger partial charge in [0.1, 0.15) is 0 Å². The van der Waals surface area contributed by atoms with Gasteiger partial charge in [-0.1, -0.05) is 159 Å². The van der Waals surface area contributed by atoms with Crippen LogP contribution < -0.4 is 0 Å². The van der Waals surface area contributed by atoms with E-state index in [4.69, 9.17) is 15.0 Å². The summed E-state index contributed by atoms with van der Waals surface area (Å²) in [5.74, 6) is 2.06. The van der Waals surface area contributed by atoms with E-state index in [0.717, 1.165) is 40.7 Å². The van der Waals surface area contributed by atoms with E-state index >= 15 is 0 Å². The minimum atomic E-state index is -0.151. The average molecular weight is 680 g/mol. The molecule has 0 spiro atoms. The van der Waals surface area contributed by atoms with Gasteiger partial charge in [0.2, 0.25) is 0 Å². The Morgan fingerprint density at radius 2 is 1.00 bits per heavy atom. The van der Waals surface area contributed by atoms with E-state index in [1.165, 1.54) is 54.9 Å². The van der Waals surface area contributed by atoms with E-state index in [9.17, 15) is 0 Å². The summed E-state index contributed by atoms with van der Waals surface area (Å²) in [4.78, 5) is 14.9. The third kappa shape index (κ3) is 5.23. The van der Waals surface area contributed by atoms with Crippen LogP contribution in [-0.4, -0.2) is 15.0 Å². The first kappa shape index (κ1) is 31.3. The standard InChI is InChI=1S/C50H37N3/c1-50(2)44-31-37(27-28-43(44)45-41-25-11-9-23-39(41)40-24-10-12-26-42(40)46(45)50)35-20-13-19-34(29-35)36-21-14-22-38(30-36)49-52-47(32-15-5-3-6-16-32)51-48(53-49)33-17-7-4-8-18-33/h3,5-7,9-31H,4,8H2,1-2H3. The summed E-state index contributed by atoms with van der Waals surface area (Å²) in [6.45, 7) is 4.78. The van der Waals surface area contributed by atoms with Crippen molar-refractivity contribution in [3.05, 3.63) is 181 Å². The Labute approximate surface area is 310 Å². The zero-order chi connectivity index (χ0) is 35.5. The summed E-state index contributed by atoms with van der Waals surface area (Å²) in [7, 11) is 0. The van der Waals surface area contributed by atoms with Crippen LogP contribution in [0.25, 0.3) is 83.3 Å². The molecule has 7 aromatic carbocycles. The van der Waals surface area contributed by atoms with Crippen molar-refractivity contribution < 1.29 is 0 Å². The molecule has 0 bridgehead atoms. The van der Waals surface area contributed by atoms with Gasteiger partial charge in [0.05, 0.1) is 0 Å². The number of fused-ring (bicyclic) bond motifs is 8. The first-order valence-corrected chi connectivity index (χ1v) is 18.5. The van der Waals surface area contributed by atoms with Gasteiger partial charge in [0, 0.05) is 22.1 Å². The second kappa shape index (κ2) is 12.4. The lowest BCUT2D eigenvalue weighted by molar-refractivity contribution is 0.667. The molecule has 53 heavy (non-hydrogen) atoms. The predicted octanol–water partition coefficient (Wildman–Crippen LogP) is 12.9. The zero-order valence-corrected chi connectivity index (χ0v) is 29.8. The van der Waals surface area contributed by atoms with Crippen molar-refractivity contribution in [2.45, 2.75) is 32.1 Å². The maximum Gasteiger partial charge on any atom is 0.164 e. The van der Waals surface area contributed by atoms with Crippen LogP contribution in [0, 0.1) is 0 Å². The van der Waals surface area contributed by atoms with E-state index in [1.54, 1.807) is 0 Å². The van der Waals surface area contributed by atoms with Gasteiger partial charge in [0.25, 0.3) is 0 Å². The molecule has 0 N–H and O–H groups in total. The lowest BCUT2D eigenvalue weighted by Gasteiger charge is -2.24. The molecule has 252 valence electrons. The molecule has 1 heterocycles. The molecule has 8 aromatic rings. The topological polar surface area (TPSA) is 38.7 Å². The van der Waals surface area contributed by atoms with Crippen molar-refractivity contribution in [2.75, 3.05) is 0 Å². The number of benzene rings is 7. The van der Waals surface area contributed by atoms with Crippen molar-refractivity contribution in [1.29, 1.82) is 0 Å². The maximum atomic E-state index is 5.01. The lowest BCUT2D eigenvalue weighted by atomic mass is 9.78. The molecule has 0 radical (unpaired) electrons. The summed E-state index contributed by atoms with van der Waals surface area (Å²) in [5.41, 5.74) is 13.0. The highest BCUT2D eigenvalue weighted by atomic mass is 15.0. The maximum absolute atomic E-state index is 5.01. The minimum Gasteiger partial charge on any atom is -0.208 e. The number of allylic oxidation sites excluding steroid dienone is 4. The Bertz CT molecular complexity index is 2810. The van der Waals surface area contributed by atoms with E-state index < -0.39 is 0 Å². The van der Waals surface area contributed by atoms with Crippen LogP contribution in [0.15, 0.2) is 164 Å². The Morgan fingerprint density at radius 3 is 1.70 bits per heavy atom. The van der Waals surface area contributed by atoms with Crippen LogP contribution in [0.2, 0.25) is 0 Å². The highest BCUT2D eigenvalue weighted by Gasteiger charge is 2.38. The second-order valence-corrected chi connectivity index (χ2v) is 14.7. The molecular formula is C50H37N3. The van der Waals surface area contributed by atoms with Gasteiger partial charge in [-0.05, 0) is 97.1 Å². The molecule has 0 unspecified atom stereocenters. The first-order chi connectivity index (χ1) is 26.0. The quantitative estimate of drug-likeness (QED) is 0.170. The summed E-state index contributed by atoms with van der Waals surface area (Å²) < 4.78 is 0. The molecule has 0 fully saturated rings. The third-order valence-corrected chi connectivity index (χ3v) is 11.1. The Hall–Kier alpha value is -6.45. The fourth-order valence-corrected chi connectivity index (χ4v) is 8.51. The monoisotopic (exact) mass is 679 g/mol. The van der Waals surface area contributed by atoms with E-state index in [1.807, 2.05) is 18.2 Å². The van der Waals surface area contributed by atoms with Crippen molar-refractivity contribution in [3.8, 4) is 56.2 Å². The molecule has 0 aliphatic heterocycles. The Balaban J connectivity index is 1.05. The SMILES string of the molecule is CC1(C)c2cc(-c3cccc(-c4cccc(-c5nc(C6=CCCC=C6)nc(-c6ccccc6)n5)c4)c3)ccc2-c2c1c1ccccc1c1ccccc21. The van der Waals surface area contributed by atoms with Gasteiger partial charge in [0.15, 0.2) is 17.5 Å². The molecule has 10 rings (SSSR count). The van der Waals surface area contributed by atoms with Gasteiger partial charge < -0.3 is 0 Å². The normalized spacial score (nSPS) is 14.3. The van der Waals surface area contributed by atoms with Gasteiger partial charge in [-0.2, -0.15) is 0 Å². The van der Waals surface area contributed by atoms with Gasteiger partial charge in [-0.25, -0.2) is 15.0 Å². The van der Waals surface area contributed by atoms with Crippen molar-refractivity contribution in [3.63, 3.8) is 0 Å². The van der Waals surface area contributed by atoms with Crippen LogP contribution in [0.3, 0.4) is 0 Å². The smallest absolute Gasteiger partial charge is 0.164 e. The number of hydrogen-bond acceptors (Lipinski definition) is 3. The van der Waals surface area contributed by atoms with E-state index in [-0.39, 0.29) is 5.41 Å². The van der Waals surface area contributed by atoms with Crippen LogP contribution in [0.1, 0.15) is 43.6 Å². The number of rotatable bonds is 5. The van der Waals surface area contributed by atoms with Crippen molar-refractivity contribution in [1.82, 2.24) is 15.0 Å². The summed E-state index contributed by atoms with van der Waals surface area (Å²) >= 11 is 0. The Kier molecular flexibility index (Phi) is 7.29. The lowest BCUT2D eigenvalue weighted by Crippen LogP contribution is -2.15. The van der Waals surface area contributed by atoms with Crippen LogP contribution in [0.5, 0.6) is 0 Å². The average Bonchev–Trinajstić information content (AvgIpc) is 3.47. The summed E-state index contributed by atoms with van der Waals surface area (Å²) in [6, 6.07) is 52.5. The molecule has 2 aliphatic carbocycles. The fraction of sp³-hybridized carbons (Fsp3) is 0.100. The largest absolute Gasteiger partial charge is 0.208 e. The molecule has 0 saturated carbocycles. The fourth-order valence-electron chi connectivity index (χ4n) is 8.51. The highest BCUT2D eigenvalue weighted by Crippen LogP contribution is 2.55. The van der Waals surface area contributed by atoms with Crippen LogP contribution in [0.4, 0.5) is 0 Å².